The minimum Gasteiger partial charge on any atom is -0.479 e. The molecule has 0 heterocycles. The van der Waals surface area contributed by atoms with Gasteiger partial charge in [-0.1, -0.05) is 18.2 Å². The van der Waals surface area contributed by atoms with Gasteiger partial charge >= 0.3 is 5.97 Å². The van der Waals surface area contributed by atoms with Crippen molar-refractivity contribution in [2.24, 2.45) is 0 Å². The zero-order valence-electron chi connectivity index (χ0n) is 11.7. The van der Waals surface area contributed by atoms with Crippen molar-refractivity contribution in [1.29, 1.82) is 0 Å². The molecule has 0 bridgehead atoms. The maximum atomic E-state index is 13.9. The highest BCUT2D eigenvalue weighted by Crippen LogP contribution is 2.29. The number of aliphatic carboxylic acids is 1. The van der Waals surface area contributed by atoms with Crippen LogP contribution < -0.4 is 5.32 Å². The summed E-state index contributed by atoms with van der Waals surface area (Å²) in [6, 6.07) is 9.93. The fraction of sp³-hybridized carbons (Fsp3) is 0.188. The van der Waals surface area contributed by atoms with Crippen LogP contribution in [0.2, 0.25) is 0 Å². The van der Waals surface area contributed by atoms with Gasteiger partial charge in [0.15, 0.2) is 5.54 Å². The minimum atomic E-state index is -1.70. The molecule has 0 saturated heterocycles. The normalized spacial score (nSPS) is 13.5. The van der Waals surface area contributed by atoms with Gasteiger partial charge in [0, 0.05) is 17.3 Å². The quantitative estimate of drug-likeness (QED) is 0.903. The van der Waals surface area contributed by atoms with E-state index in [4.69, 9.17) is 0 Å². The number of carboxylic acids is 1. The number of hydrogen-bond donors (Lipinski definition) is 2. The van der Waals surface area contributed by atoms with Crippen molar-refractivity contribution in [3.05, 3.63) is 65.2 Å². The Morgan fingerprint density at radius 3 is 2.48 bits per heavy atom. The summed E-state index contributed by atoms with van der Waals surface area (Å²) in [6.07, 6.45) is 0. The number of carbonyl (C=O) groups is 1. The molecule has 5 heteroatoms. The molecule has 0 aromatic heterocycles. The second kappa shape index (κ2) is 5.52. The van der Waals surface area contributed by atoms with E-state index in [1.807, 2.05) is 13.0 Å². The molecule has 2 aromatic rings. The van der Waals surface area contributed by atoms with Crippen LogP contribution in [-0.2, 0) is 10.3 Å². The maximum Gasteiger partial charge on any atom is 0.333 e. The van der Waals surface area contributed by atoms with Crippen molar-refractivity contribution in [1.82, 2.24) is 0 Å². The summed E-state index contributed by atoms with van der Waals surface area (Å²) in [4.78, 5) is 11.6. The molecule has 21 heavy (non-hydrogen) atoms. The number of hydrogen-bond acceptors (Lipinski definition) is 2. The topological polar surface area (TPSA) is 49.3 Å². The zero-order valence-corrected chi connectivity index (χ0v) is 11.7. The van der Waals surface area contributed by atoms with Gasteiger partial charge in [0.2, 0.25) is 0 Å². The van der Waals surface area contributed by atoms with E-state index in [2.05, 4.69) is 5.32 Å². The fourth-order valence-corrected chi connectivity index (χ4v) is 2.14. The molecular formula is C16H15F2NO2. The Morgan fingerprint density at radius 1 is 1.19 bits per heavy atom. The van der Waals surface area contributed by atoms with Crippen LogP contribution >= 0.6 is 0 Å². The van der Waals surface area contributed by atoms with Crippen LogP contribution in [0, 0.1) is 18.6 Å². The molecule has 110 valence electrons. The van der Waals surface area contributed by atoms with E-state index in [0.717, 1.165) is 17.7 Å². The second-order valence-corrected chi connectivity index (χ2v) is 5.05. The molecule has 0 fully saturated rings. The van der Waals surface area contributed by atoms with E-state index in [-0.39, 0.29) is 5.56 Å². The van der Waals surface area contributed by atoms with Crippen LogP contribution in [0.5, 0.6) is 0 Å². The van der Waals surface area contributed by atoms with Gasteiger partial charge in [-0.05, 0) is 37.6 Å². The summed E-state index contributed by atoms with van der Waals surface area (Å²) in [7, 11) is 0. The van der Waals surface area contributed by atoms with Crippen LogP contribution in [0.3, 0.4) is 0 Å². The average Bonchev–Trinajstić information content (AvgIpc) is 2.38. The first-order chi connectivity index (χ1) is 9.83. The standard InChI is InChI=1S/C16H15F2NO2/c1-10-4-3-5-12(8-10)19-16(2,15(20)21)13-7-6-11(17)9-14(13)18/h3-9,19H,1-2H3,(H,20,21). The molecule has 1 unspecified atom stereocenters. The summed E-state index contributed by atoms with van der Waals surface area (Å²) in [6.45, 7) is 3.20. The fourth-order valence-electron chi connectivity index (χ4n) is 2.14. The summed E-state index contributed by atoms with van der Waals surface area (Å²) in [5, 5.41) is 12.3. The lowest BCUT2D eigenvalue weighted by atomic mass is 9.91. The van der Waals surface area contributed by atoms with Gasteiger partial charge in [0.25, 0.3) is 0 Å². The van der Waals surface area contributed by atoms with E-state index >= 15 is 0 Å². The first kappa shape index (κ1) is 15.0. The van der Waals surface area contributed by atoms with Gasteiger partial charge in [-0.3, -0.25) is 0 Å². The number of halogens is 2. The van der Waals surface area contributed by atoms with Crippen LogP contribution in [0.25, 0.3) is 0 Å². The average molecular weight is 291 g/mol. The molecule has 2 rings (SSSR count). The van der Waals surface area contributed by atoms with E-state index in [9.17, 15) is 18.7 Å². The van der Waals surface area contributed by atoms with Gasteiger partial charge < -0.3 is 10.4 Å². The van der Waals surface area contributed by atoms with Crippen molar-refractivity contribution in [2.45, 2.75) is 19.4 Å². The van der Waals surface area contributed by atoms with E-state index in [1.54, 1.807) is 18.2 Å². The van der Waals surface area contributed by atoms with Crippen LogP contribution in [0.4, 0.5) is 14.5 Å². The largest absolute Gasteiger partial charge is 0.479 e. The number of nitrogens with one attached hydrogen (secondary N) is 1. The van der Waals surface area contributed by atoms with Crippen LogP contribution in [0.15, 0.2) is 42.5 Å². The van der Waals surface area contributed by atoms with Crippen LogP contribution in [-0.4, -0.2) is 11.1 Å². The van der Waals surface area contributed by atoms with Crippen molar-refractivity contribution < 1.29 is 18.7 Å². The molecule has 0 aliphatic heterocycles. The molecule has 2 aromatic carbocycles. The number of aryl methyl sites for hydroxylation is 1. The van der Waals surface area contributed by atoms with E-state index in [0.29, 0.717) is 11.8 Å². The third-order valence-corrected chi connectivity index (χ3v) is 3.31. The number of anilines is 1. The lowest BCUT2D eigenvalue weighted by Gasteiger charge is -2.28. The highest BCUT2D eigenvalue weighted by atomic mass is 19.1. The zero-order chi connectivity index (χ0) is 15.6. The summed E-state index contributed by atoms with van der Waals surface area (Å²) in [5.74, 6) is -2.91. The molecule has 3 nitrogen and oxygen atoms in total. The first-order valence-electron chi connectivity index (χ1n) is 6.37. The Morgan fingerprint density at radius 2 is 1.90 bits per heavy atom. The predicted octanol–water partition coefficient (Wildman–Crippen LogP) is 3.69. The smallest absolute Gasteiger partial charge is 0.333 e. The molecule has 0 aliphatic carbocycles. The van der Waals surface area contributed by atoms with Gasteiger partial charge in [-0.25, -0.2) is 13.6 Å². The number of rotatable bonds is 4. The predicted molar refractivity (Wildman–Crippen MR) is 76.1 cm³/mol. The van der Waals surface area contributed by atoms with Crippen molar-refractivity contribution in [3.63, 3.8) is 0 Å². The first-order valence-corrected chi connectivity index (χ1v) is 6.37. The van der Waals surface area contributed by atoms with Gasteiger partial charge in [-0.2, -0.15) is 0 Å². The number of carboxylic acid groups (broad SMARTS) is 1. The Balaban J connectivity index is 2.48. The Hall–Kier alpha value is -2.43. The lowest BCUT2D eigenvalue weighted by molar-refractivity contribution is -0.142. The third kappa shape index (κ3) is 3.02. The van der Waals surface area contributed by atoms with Crippen molar-refractivity contribution in [2.75, 3.05) is 5.32 Å². The second-order valence-electron chi connectivity index (χ2n) is 5.05. The Bertz CT molecular complexity index is 688. The molecule has 0 radical (unpaired) electrons. The molecule has 0 aliphatic rings. The molecule has 0 spiro atoms. The molecule has 1 atom stereocenters. The summed E-state index contributed by atoms with van der Waals surface area (Å²) >= 11 is 0. The molecule has 2 N–H and O–H groups in total. The monoisotopic (exact) mass is 291 g/mol. The summed E-state index contributed by atoms with van der Waals surface area (Å²) in [5.41, 5.74) is -0.347. The summed E-state index contributed by atoms with van der Waals surface area (Å²) < 4.78 is 27.0. The minimum absolute atomic E-state index is 0.127. The van der Waals surface area contributed by atoms with Crippen molar-refractivity contribution in [3.8, 4) is 0 Å². The van der Waals surface area contributed by atoms with Gasteiger partial charge in [0.1, 0.15) is 11.6 Å². The third-order valence-electron chi connectivity index (χ3n) is 3.31. The van der Waals surface area contributed by atoms with Gasteiger partial charge in [-0.15, -0.1) is 0 Å². The van der Waals surface area contributed by atoms with Crippen molar-refractivity contribution >= 4 is 11.7 Å². The highest BCUT2D eigenvalue weighted by Gasteiger charge is 2.37. The molecular weight excluding hydrogens is 276 g/mol. The van der Waals surface area contributed by atoms with Gasteiger partial charge in [0.05, 0.1) is 0 Å². The maximum absolute atomic E-state index is 13.9. The Kier molecular flexibility index (Phi) is 3.93. The lowest BCUT2D eigenvalue weighted by Crippen LogP contribution is -2.41. The Labute approximate surface area is 121 Å². The molecule has 0 amide bonds. The van der Waals surface area contributed by atoms with E-state index < -0.39 is 23.1 Å². The highest BCUT2D eigenvalue weighted by molar-refractivity contribution is 5.84. The molecule has 0 saturated carbocycles. The van der Waals surface area contributed by atoms with Crippen LogP contribution in [0.1, 0.15) is 18.1 Å². The number of benzene rings is 2. The van der Waals surface area contributed by atoms with E-state index in [1.165, 1.54) is 6.92 Å². The SMILES string of the molecule is Cc1cccc(NC(C)(C(=O)O)c2ccc(F)cc2F)c1.